The van der Waals surface area contributed by atoms with Crippen LogP contribution in [0.5, 0.6) is 0 Å². The molecule has 1 aliphatic rings. The molecular formula is C22H34N6S. The summed E-state index contributed by atoms with van der Waals surface area (Å²) in [5.41, 5.74) is 2.30. The topological polar surface area (TPSA) is 65.4 Å². The minimum absolute atomic E-state index is 0.0847. The third-order valence-corrected chi connectivity index (χ3v) is 5.90. The van der Waals surface area contributed by atoms with E-state index in [4.69, 9.17) is 9.98 Å². The zero-order valence-electron chi connectivity index (χ0n) is 18.3. The number of nitrogens with zero attached hydrogens (tertiary/aromatic N) is 4. The van der Waals surface area contributed by atoms with Gasteiger partial charge in [-0.05, 0) is 38.8 Å². The molecule has 2 aromatic rings. The lowest BCUT2D eigenvalue weighted by Crippen LogP contribution is -2.48. The molecule has 1 saturated heterocycles. The zero-order valence-corrected chi connectivity index (χ0v) is 19.1. The van der Waals surface area contributed by atoms with Crippen molar-refractivity contribution in [2.75, 3.05) is 24.5 Å². The number of anilines is 1. The minimum Gasteiger partial charge on any atom is -0.357 e. The number of aromatic nitrogens is 2. The smallest absolute Gasteiger partial charge is 0.191 e. The predicted molar refractivity (Wildman–Crippen MR) is 123 cm³/mol. The van der Waals surface area contributed by atoms with Crippen LogP contribution >= 0.6 is 11.3 Å². The first kappa shape index (κ1) is 21.6. The summed E-state index contributed by atoms with van der Waals surface area (Å²) < 4.78 is 0. The third kappa shape index (κ3) is 6.16. The normalized spacial score (nSPS) is 16.2. The highest BCUT2D eigenvalue weighted by Gasteiger charge is 2.21. The second-order valence-corrected chi connectivity index (χ2v) is 9.56. The maximum absolute atomic E-state index is 4.78. The van der Waals surface area contributed by atoms with Gasteiger partial charge in [0, 0.05) is 42.2 Å². The van der Waals surface area contributed by atoms with Crippen LogP contribution in [0, 0.1) is 6.92 Å². The number of hydrogen-bond acceptors (Lipinski definition) is 5. The number of hydrogen-bond donors (Lipinski definition) is 2. The van der Waals surface area contributed by atoms with Gasteiger partial charge in [0.1, 0.15) is 10.8 Å². The van der Waals surface area contributed by atoms with E-state index in [1.54, 1.807) is 11.3 Å². The SMILES string of the molecule is CCNC(=NCc1nc(C(C)(C)C)cs1)NC1CCN(c2cccc(C)n2)CC1. The van der Waals surface area contributed by atoms with Gasteiger partial charge in [0.05, 0.1) is 12.2 Å². The van der Waals surface area contributed by atoms with Crippen molar-refractivity contribution in [3.8, 4) is 0 Å². The van der Waals surface area contributed by atoms with E-state index in [0.717, 1.165) is 60.6 Å². The highest BCUT2D eigenvalue weighted by molar-refractivity contribution is 7.09. The Morgan fingerprint density at radius 2 is 2.00 bits per heavy atom. The van der Waals surface area contributed by atoms with Crippen molar-refractivity contribution in [1.29, 1.82) is 0 Å². The van der Waals surface area contributed by atoms with E-state index in [-0.39, 0.29) is 5.41 Å². The highest BCUT2D eigenvalue weighted by Crippen LogP contribution is 2.24. The lowest BCUT2D eigenvalue weighted by Gasteiger charge is -2.34. The molecule has 0 aliphatic carbocycles. The molecule has 0 saturated carbocycles. The minimum atomic E-state index is 0.0847. The van der Waals surface area contributed by atoms with Crippen LogP contribution < -0.4 is 15.5 Å². The summed E-state index contributed by atoms with van der Waals surface area (Å²) in [6, 6.07) is 6.66. The number of nitrogens with one attached hydrogen (secondary N) is 2. The lowest BCUT2D eigenvalue weighted by atomic mass is 9.93. The monoisotopic (exact) mass is 414 g/mol. The van der Waals surface area contributed by atoms with Crippen LogP contribution in [0.15, 0.2) is 28.6 Å². The van der Waals surface area contributed by atoms with Gasteiger partial charge in [0.2, 0.25) is 0 Å². The average molecular weight is 415 g/mol. The van der Waals surface area contributed by atoms with E-state index in [1.165, 1.54) is 0 Å². The molecular weight excluding hydrogens is 380 g/mol. The molecule has 3 heterocycles. The van der Waals surface area contributed by atoms with Gasteiger partial charge in [0.15, 0.2) is 5.96 Å². The molecule has 0 aromatic carbocycles. The van der Waals surface area contributed by atoms with Crippen molar-refractivity contribution >= 4 is 23.1 Å². The first-order valence-electron chi connectivity index (χ1n) is 10.5. The van der Waals surface area contributed by atoms with Gasteiger partial charge in [0.25, 0.3) is 0 Å². The van der Waals surface area contributed by atoms with E-state index in [0.29, 0.717) is 12.6 Å². The molecule has 6 nitrogen and oxygen atoms in total. The number of aryl methyl sites for hydroxylation is 1. The standard InChI is InChI=1S/C22H34N6S/c1-6-23-21(24-14-20-27-18(15-29-20)22(3,4)5)26-17-10-12-28(13-11-17)19-9-7-8-16(2)25-19/h7-9,15,17H,6,10-14H2,1-5H3,(H2,23,24,26). The molecule has 0 amide bonds. The fraction of sp³-hybridized carbons (Fsp3) is 0.591. The van der Waals surface area contributed by atoms with Gasteiger partial charge >= 0.3 is 0 Å². The maximum Gasteiger partial charge on any atom is 0.191 e. The van der Waals surface area contributed by atoms with Crippen molar-refractivity contribution in [3.05, 3.63) is 40.0 Å². The summed E-state index contributed by atoms with van der Waals surface area (Å²) in [4.78, 5) is 16.6. The summed E-state index contributed by atoms with van der Waals surface area (Å²) in [5.74, 6) is 1.97. The summed E-state index contributed by atoms with van der Waals surface area (Å²) in [7, 11) is 0. The molecule has 0 spiro atoms. The molecule has 0 unspecified atom stereocenters. The number of rotatable bonds is 5. The molecule has 1 fully saturated rings. The first-order valence-corrected chi connectivity index (χ1v) is 11.4. The van der Waals surface area contributed by atoms with E-state index >= 15 is 0 Å². The van der Waals surface area contributed by atoms with Crippen molar-refractivity contribution in [2.45, 2.75) is 65.5 Å². The second-order valence-electron chi connectivity index (χ2n) is 8.61. The molecule has 1 aliphatic heterocycles. The Labute approximate surface area is 178 Å². The van der Waals surface area contributed by atoms with Gasteiger partial charge in [-0.3, -0.25) is 0 Å². The van der Waals surface area contributed by atoms with Crippen LogP contribution in [0.25, 0.3) is 0 Å². The Bertz CT molecular complexity index is 815. The predicted octanol–water partition coefficient (Wildman–Crippen LogP) is 3.87. The summed E-state index contributed by atoms with van der Waals surface area (Å²) in [6.45, 7) is 14.2. The van der Waals surface area contributed by atoms with Gasteiger partial charge in [-0.2, -0.15) is 0 Å². The highest BCUT2D eigenvalue weighted by atomic mass is 32.1. The molecule has 7 heteroatoms. The van der Waals surface area contributed by atoms with E-state index < -0.39 is 0 Å². The summed E-state index contributed by atoms with van der Waals surface area (Å²) in [5, 5.41) is 10.2. The first-order chi connectivity index (χ1) is 13.8. The quantitative estimate of drug-likeness (QED) is 0.574. The fourth-order valence-electron chi connectivity index (χ4n) is 3.35. The molecule has 0 atom stereocenters. The Kier molecular flexibility index (Phi) is 7.11. The Hall–Kier alpha value is -2.15. The zero-order chi connectivity index (χ0) is 20.9. The molecule has 2 N–H and O–H groups in total. The molecule has 3 rings (SSSR count). The molecule has 158 valence electrons. The third-order valence-electron chi connectivity index (χ3n) is 5.07. The van der Waals surface area contributed by atoms with Crippen LogP contribution in [0.3, 0.4) is 0 Å². The molecule has 29 heavy (non-hydrogen) atoms. The Morgan fingerprint density at radius 3 is 2.62 bits per heavy atom. The number of piperidine rings is 1. The van der Waals surface area contributed by atoms with Crippen molar-refractivity contribution < 1.29 is 0 Å². The lowest BCUT2D eigenvalue weighted by molar-refractivity contribution is 0.459. The number of pyridine rings is 1. The van der Waals surface area contributed by atoms with Gasteiger partial charge < -0.3 is 15.5 Å². The van der Waals surface area contributed by atoms with Gasteiger partial charge in [-0.15, -0.1) is 11.3 Å². The van der Waals surface area contributed by atoms with E-state index in [1.807, 2.05) is 13.0 Å². The second kappa shape index (κ2) is 9.57. The molecule has 2 aromatic heterocycles. The number of thiazole rings is 1. The Balaban J connectivity index is 1.55. The largest absolute Gasteiger partial charge is 0.357 e. The van der Waals surface area contributed by atoms with Gasteiger partial charge in [-0.1, -0.05) is 26.8 Å². The van der Waals surface area contributed by atoms with Crippen molar-refractivity contribution in [3.63, 3.8) is 0 Å². The fourth-order valence-corrected chi connectivity index (χ4v) is 4.29. The average Bonchev–Trinajstić information content (AvgIpc) is 3.16. The van der Waals surface area contributed by atoms with Gasteiger partial charge in [-0.25, -0.2) is 15.0 Å². The number of aliphatic imine (C=N–C) groups is 1. The van der Waals surface area contributed by atoms with Crippen LogP contribution in [0.2, 0.25) is 0 Å². The maximum atomic E-state index is 4.78. The van der Waals surface area contributed by atoms with E-state index in [2.05, 4.69) is 65.7 Å². The summed E-state index contributed by atoms with van der Waals surface area (Å²) >= 11 is 1.69. The van der Waals surface area contributed by atoms with Crippen LogP contribution in [-0.2, 0) is 12.0 Å². The molecule has 0 radical (unpaired) electrons. The van der Waals surface area contributed by atoms with Crippen molar-refractivity contribution in [2.24, 2.45) is 4.99 Å². The van der Waals surface area contributed by atoms with Crippen LogP contribution in [0.4, 0.5) is 5.82 Å². The van der Waals surface area contributed by atoms with Crippen LogP contribution in [0.1, 0.15) is 56.9 Å². The van der Waals surface area contributed by atoms with Crippen LogP contribution in [-0.4, -0.2) is 41.6 Å². The number of guanidine groups is 1. The Morgan fingerprint density at radius 1 is 1.24 bits per heavy atom. The van der Waals surface area contributed by atoms with E-state index in [9.17, 15) is 0 Å². The van der Waals surface area contributed by atoms with Crippen molar-refractivity contribution in [1.82, 2.24) is 20.6 Å². The molecule has 0 bridgehead atoms. The summed E-state index contributed by atoms with van der Waals surface area (Å²) in [6.07, 6.45) is 2.15.